The Labute approximate surface area is 130 Å². The summed E-state index contributed by atoms with van der Waals surface area (Å²) in [6.45, 7) is 2.04. The first-order valence-corrected chi connectivity index (χ1v) is 7.45. The highest BCUT2D eigenvalue weighted by Crippen LogP contribution is 2.26. The van der Waals surface area contributed by atoms with Crippen LogP contribution in [-0.2, 0) is 11.2 Å². The van der Waals surface area contributed by atoms with Crippen molar-refractivity contribution in [1.29, 1.82) is 0 Å². The SMILES string of the molecule is Cc1cccc(-c2nnc(CCCCC(=O)O)o2)c1I. The fraction of sp³-hybridized carbons (Fsp3) is 0.357. The van der Waals surface area contributed by atoms with Gasteiger partial charge in [-0.1, -0.05) is 12.1 Å². The zero-order valence-electron chi connectivity index (χ0n) is 11.1. The Kier molecular flexibility index (Phi) is 5.11. The van der Waals surface area contributed by atoms with Crippen LogP contribution in [0, 0.1) is 10.5 Å². The highest BCUT2D eigenvalue weighted by molar-refractivity contribution is 14.1. The van der Waals surface area contributed by atoms with Crippen LogP contribution in [0.3, 0.4) is 0 Å². The molecule has 0 aliphatic heterocycles. The Hall–Kier alpha value is -1.44. The van der Waals surface area contributed by atoms with Crippen molar-refractivity contribution in [2.24, 2.45) is 0 Å². The van der Waals surface area contributed by atoms with Gasteiger partial charge in [-0.15, -0.1) is 10.2 Å². The van der Waals surface area contributed by atoms with Crippen molar-refractivity contribution >= 4 is 28.6 Å². The highest BCUT2D eigenvalue weighted by atomic mass is 127. The molecule has 0 bridgehead atoms. The van der Waals surface area contributed by atoms with Crippen LogP contribution < -0.4 is 0 Å². The van der Waals surface area contributed by atoms with Gasteiger partial charge in [0.05, 0.1) is 5.56 Å². The summed E-state index contributed by atoms with van der Waals surface area (Å²) in [4.78, 5) is 10.4. The minimum Gasteiger partial charge on any atom is -0.481 e. The number of aryl methyl sites for hydroxylation is 2. The van der Waals surface area contributed by atoms with Crippen molar-refractivity contribution in [2.75, 3.05) is 0 Å². The Morgan fingerprint density at radius 2 is 2.15 bits per heavy atom. The monoisotopic (exact) mass is 386 g/mol. The van der Waals surface area contributed by atoms with Crippen LogP contribution in [0.4, 0.5) is 0 Å². The van der Waals surface area contributed by atoms with Crippen molar-refractivity contribution in [2.45, 2.75) is 32.6 Å². The zero-order chi connectivity index (χ0) is 14.5. The van der Waals surface area contributed by atoms with Crippen LogP contribution in [0.2, 0.25) is 0 Å². The van der Waals surface area contributed by atoms with Crippen molar-refractivity contribution in [3.05, 3.63) is 33.2 Å². The third kappa shape index (κ3) is 3.78. The van der Waals surface area contributed by atoms with Gasteiger partial charge in [-0.05, 0) is 54.0 Å². The molecule has 6 heteroatoms. The van der Waals surface area contributed by atoms with E-state index >= 15 is 0 Å². The molecule has 0 saturated carbocycles. The highest BCUT2D eigenvalue weighted by Gasteiger charge is 2.12. The standard InChI is InChI=1S/C14H15IN2O3/c1-9-5-4-6-10(13(9)15)14-17-16-11(20-14)7-2-3-8-12(18)19/h4-6H,2-3,7-8H2,1H3,(H,18,19). The lowest BCUT2D eigenvalue weighted by Crippen LogP contribution is -1.95. The number of carbonyl (C=O) groups is 1. The molecule has 0 aliphatic rings. The molecule has 106 valence electrons. The second-order valence-corrected chi connectivity index (χ2v) is 5.62. The number of rotatable bonds is 6. The molecule has 2 aromatic rings. The second kappa shape index (κ2) is 6.83. The predicted octanol–water partition coefficient (Wildman–Crippen LogP) is 3.45. The molecular weight excluding hydrogens is 371 g/mol. The maximum atomic E-state index is 10.4. The van der Waals surface area contributed by atoms with Gasteiger partial charge in [0.1, 0.15) is 0 Å². The number of nitrogens with zero attached hydrogens (tertiary/aromatic N) is 2. The molecule has 0 atom stereocenters. The number of hydrogen-bond donors (Lipinski definition) is 1. The third-order valence-electron chi connectivity index (χ3n) is 2.92. The molecule has 5 nitrogen and oxygen atoms in total. The summed E-state index contributed by atoms with van der Waals surface area (Å²) in [5.41, 5.74) is 2.11. The van der Waals surface area contributed by atoms with E-state index in [-0.39, 0.29) is 6.42 Å². The molecule has 0 radical (unpaired) electrons. The predicted molar refractivity (Wildman–Crippen MR) is 82.4 cm³/mol. The van der Waals surface area contributed by atoms with Crippen LogP contribution in [0.1, 0.15) is 30.7 Å². The third-order valence-corrected chi connectivity index (χ3v) is 4.35. The zero-order valence-corrected chi connectivity index (χ0v) is 13.3. The lowest BCUT2D eigenvalue weighted by molar-refractivity contribution is -0.137. The summed E-state index contributed by atoms with van der Waals surface area (Å²) in [6, 6.07) is 5.95. The van der Waals surface area contributed by atoms with Gasteiger partial charge in [0.25, 0.3) is 0 Å². The van der Waals surface area contributed by atoms with Crippen molar-refractivity contribution in [3.8, 4) is 11.5 Å². The van der Waals surface area contributed by atoms with E-state index in [0.29, 0.717) is 24.6 Å². The summed E-state index contributed by atoms with van der Waals surface area (Å²) < 4.78 is 6.74. The van der Waals surface area contributed by atoms with Gasteiger partial charge in [-0.25, -0.2) is 0 Å². The Bertz CT molecular complexity index is 610. The first-order valence-electron chi connectivity index (χ1n) is 6.37. The second-order valence-electron chi connectivity index (χ2n) is 4.54. The molecule has 2 rings (SSSR count). The number of benzene rings is 1. The summed E-state index contributed by atoms with van der Waals surface area (Å²) in [7, 11) is 0. The number of carboxylic acids is 1. The fourth-order valence-electron chi connectivity index (χ4n) is 1.83. The van der Waals surface area contributed by atoms with Crippen LogP contribution in [0.25, 0.3) is 11.5 Å². The first kappa shape index (κ1) is 15.0. The largest absolute Gasteiger partial charge is 0.481 e. The van der Waals surface area contributed by atoms with E-state index in [1.54, 1.807) is 0 Å². The normalized spacial score (nSPS) is 10.7. The molecule has 1 heterocycles. The Morgan fingerprint density at radius 1 is 1.35 bits per heavy atom. The van der Waals surface area contributed by atoms with Gasteiger partial charge in [0, 0.05) is 16.4 Å². The lowest BCUT2D eigenvalue weighted by atomic mass is 10.1. The summed E-state index contributed by atoms with van der Waals surface area (Å²) in [6.07, 6.45) is 2.15. The summed E-state index contributed by atoms with van der Waals surface area (Å²) in [5.74, 6) is 0.305. The maximum absolute atomic E-state index is 10.4. The van der Waals surface area contributed by atoms with Gasteiger partial charge < -0.3 is 9.52 Å². The number of unbranched alkanes of at least 4 members (excludes halogenated alkanes) is 1. The van der Waals surface area contributed by atoms with E-state index in [4.69, 9.17) is 9.52 Å². The average Bonchev–Trinajstić information content (AvgIpc) is 2.86. The van der Waals surface area contributed by atoms with Gasteiger partial charge >= 0.3 is 5.97 Å². The van der Waals surface area contributed by atoms with E-state index in [1.165, 1.54) is 5.56 Å². The maximum Gasteiger partial charge on any atom is 0.303 e. The van der Waals surface area contributed by atoms with Gasteiger partial charge in [-0.3, -0.25) is 4.79 Å². The summed E-state index contributed by atoms with van der Waals surface area (Å²) >= 11 is 2.27. The molecule has 0 unspecified atom stereocenters. The number of carboxylic acid groups (broad SMARTS) is 1. The van der Waals surface area contributed by atoms with Crippen LogP contribution in [0.5, 0.6) is 0 Å². The lowest BCUT2D eigenvalue weighted by Gasteiger charge is -2.02. The molecule has 20 heavy (non-hydrogen) atoms. The van der Waals surface area contributed by atoms with Gasteiger partial charge in [0.15, 0.2) is 0 Å². The van der Waals surface area contributed by atoms with E-state index < -0.39 is 5.97 Å². The van der Waals surface area contributed by atoms with Crippen LogP contribution >= 0.6 is 22.6 Å². The molecule has 0 fully saturated rings. The summed E-state index contributed by atoms with van der Waals surface area (Å²) in [5, 5.41) is 16.6. The van der Waals surface area contributed by atoms with E-state index in [9.17, 15) is 4.79 Å². The van der Waals surface area contributed by atoms with Crippen LogP contribution in [0.15, 0.2) is 22.6 Å². The molecule has 1 N–H and O–H groups in total. The molecule has 0 amide bonds. The topological polar surface area (TPSA) is 76.2 Å². The molecule has 1 aromatic carbocycles. The van der Waals surface area contributed by atoms with Crippen molar-refractivity contribution in [3.63, 3.8) is 0 Å². The Morgan fingerprint density at radius 3 is 2.90 bits per heavy atom. The number of hydrogen-bond acceptors (Lipinski definition) is 4. The van der Waals surface area contributed by atoms with Crippen molar-refractivity contribution in [1.82, 2.24) is 10.2 Å². The number of aromatic nitrogens is 2. The molecule has 0 aliphatic carbocycles. The van der Waals surface area contributed by atoms with E-state index in [2.05, 4.69) is 32.8 Å². The quantitative estimate of drug-likeness (QED) is 0.608. The van der Waals surface area contributed by atoms with Gasteiger partial charge in [0.2, 0.25) is 11.8 Å². The minimum atomic E-state index is -0.773. The number of aliphatic carboxylic acids is 1. The van der Waals surface area contributed by atoms with Gasteiger partial charge in [-0.2, -0.15) is 0 Å². The smallest absolute Gasteiger partial charge is 0.303 e. The fourth-order valence-corrected chi connectivity index (χ4v) is 2.42. The molecule has 0 spiro atoms. The number of halogens is 1. The van der Waals surface area contributed by atoms with E-state index in [0.717, 1.165) is 15.6 Å². The molecular formula is C14H15IN2O3. The van der Waals surface area contributed by atoms with Crippen molar-refractivity contribution < 1.29 is 14.3 Å². The average molecular weight is 386 g/mol. The Balaban J connectivity index is 2.02. The van der Waals surface area contributed by atoms with E-state index in [1.807, 2.05) is 25.1 Å². The first-order chi connectivity index (χ1) is 9.58. The minimum absolute atomic E-state index is 0.177. The molecule has 1 aromatic heterocycles. The van der Waals surface area contributed by atoms with Crippen LogP contribution in [-0.4, -0.2) is 21.3 Å². The molecule has 0 saturated heterocycles.